The maximum absolute atomic E-state index is 6.03. The highest BCUT2D eigenvalue weighted by atomic mass is 35.5. The summed E-state index contributed by atoms with van der Waals surface area (Å²) in [5.41, 5.74) is 3.79. The summed E-state index contributed by atoms with van der Waals surface area (Å²) in [4.78, 5) is 1.10. The van der Waals surface area contributed by atoms with Gasteiger partial charge in [0.15, 0.2) is 0 Å². The van der Waals surface area contributed by atoms with E-state index in [1.54, 1.807) is 17.6 Å². The van der Waals surface area contributed by atoms with Gasteiger partial charge in [0.1, 0.15) is 0 Å². The second kappa shape index (κ2) is 6.05. The van der Waals surface area contributed by atoms with Gasteiger partial charge in [0.05, 0.1) is 12.8 Å². The smallest absolute Gasteiger partial charge is 0.0640 e. The Hall–Kier alpha value is -1.03. The van der Waals surface area contributed by atoms with E-state index in [9.17, 15) is 0 Å². The first-order chi connectivity index (χ1) is 8.27. The fourth-order valence-electron chi connectivity index (χ4n) is 1.30. The molecule has 0 saturated carbocycles. The van der Waals surface area contributed by atoms with Gasteiger partial charge in [-0.15, -0.1) is 11.3 Å². The lowest BCUT2D eigenvalue weighted by molar-refractivity contribution is 0.748. The topological polar surface area (TPSA) is 24.4 Å². The van der Waals surface area contributed by atoms with Crippen LogP contribution in [-0.4, -0.2) is 6.21 Å². The molecule has 1 N–H and O–H groups in total. The van der Waals surface area contributed by atoms with Crippen LogP contribution in [0.4, 0.5) is 0 Å². The number of halogens is 2. The number of nitrogens with one attached hydrogen (secondary N) is 1. The van der Waals surface area contributed by atoms with Gasteiger partial charge in [0.25, 0.3) is 0 Å². The Balaban J connectivity index is 1.94. The van der Waals surface area contributed by atoms with Gasteiger partial charge in [-0.2, -0.15) is 5.10 Å². The summed E-state index contributed by atoms with van der Waals surface area (Å²) < 4.78 is 0. The number of thiophene rings is 1. The third-order valence-corrected chi connectivity index (χ3v) is 3.66. The second-order valence-corrected chi connectivity index (χ2v) is 5.10. The Labute approximate surface area is 114 Å². The second-order valence-electron chi connectivity index (χ2n) is 3.31. The average Bonchev–Trinajstić information content (AvgIpc) is 2.80. The fraction of sp³-hybridized carbons (Fsp3) is 0.0833. The zero-order chi connectivity index (χ0) is 12.1. The summed E-state index contributed by atoms with van der Waals surface area (Å²) in [7, 11) is 0. The third kappa shape index (κ3) is 3.46. The number of hydrogen-bond acceptors (Lipinski definition) is 3. The molecule has 2 aromatic rings. The van der Waals surface area contributed by atoms with Gasteiger partial charge < -0.3 is 5.43 Å². The molecular weight excluding hydrogens is 275 g/mol. The molecule has 0 atom stereocenters. The zero-order valence-electron chi connectivity index (χ0n) is 8.86. The molecule has 88 valence electrons. The molecule has 0 aliphatic heterocycles. The monoisotopic (exact) mass is 284 g/mol. The van der Waals surface area contributed by atoms with E-state index in [0.29, 0.717) is 16.6 Å². The number of rotatable bonds is 4. The number of benzene rings is 1. The molecule has 1 aromatic heterocycles. The maximum Gasteiger partial charge on any atom is 0.0640 e. The summed E-state index contributed by atoms with van der Waals surface area (Å²) in [5.74, 6) is 0. The van der Waals surface area contributed by atoms with Gasteiger partial charge in [-0.1, -0.05) is 35.3 Å². The molecule has 0 bridgehead atoms. The van der Waals surface area contributed by atoms with Crippen LogP contribution < -0.4 is 5.43 Å². The fourth-order valence-corrected chi connectivity index (χ4v) is 2.42. The quantitative estimate of drug-likeness (QED) is 0.661. The Morgan fingerprint density at radius 3 is 2.59 bits per heavy atom. The van der Waals surface area contributed by atoms with Gasteiger partial charge in [-0.25, -0.2) is 0 Å². The molecule has 1 heterocycles. The van der Waals surface area contributed by atoms with Crippen molar-refractivity contribution in [2.24, 2.45) is 5.10 Å². The van der Waals surface area contributed by atoms with E-state index in [2.05, 4.69) is 10.5 Å². The highest BCUT2D eigenvalue weighted by molar-refractivity contribution is 7.11. The van der Waals surface area contributed by atoms with E-state index in [-0.39, 0.29) is 0 Å². The Kier molecular flexibility index (Phi) is 4.42. The summed E-state index contributed by atoms with van der Waals surface area (Å²) in [6.07, 6.45) is 1.77. The molecule has 2 rings (SSSR count). The Bertz CT molecular complexity index is 489. The van der Waals surface area contributed by atoms with Crippen molar-refractivity contribution in [1.29, 1.82) is 0 Å². The molecule has 5 heteroatoms. The van der Waals surface area contributed by atoms with E-state index < -0.39 is 0 Å². The lowest BCUT2D eigenvalue weighted by atomic mass is 10.2. The Morgan fingerprint density at radius 1 is 1.18 bits per heavy atom. The normalized spacial score (nSPS) is 10.9. The molecule has 0 spiro atoms. The number of nitrogens with zero attached hydrogens (tertiary/aromatic N) is 1. The molecule has 0 saturated heterocycles. The largest absolute Gasteiger partial charge is 0.306 e. The van der Waals surface area contributed by atoms with Crippen LogP contribution >= 0.6 is 34.5 Å². The van der Waals surface area contributed by atoms with Crippen molar-refractivity contribution in [3.05, 3.63) is 56.2 Å². The van der Waals surface area contributed by atoms with E-state index in [1.165, 1.54) is 0 Å². The predicted molar refractivity (Wildman–Crippen MR) is 75.2 cm³/mol. The highest BCUT2D eigenvalue weighted by Crippen LogP contribution is 2.23. The van der Waals surface area contributed by atoms with Gasteiger partial charge in [-0.05, 0) is 23.6 Å². The van der Waals surface area contributed by atoms with Crippen LogP contribution in [0.1, 0.15) is 10.4 Å². The summed E-state index contributed by atoms with van der Waals surface area (Å²) in [5, 5.41) is 7.41. The van der Waals surface area contributed by atoms with Crippen LogP contribution in [-0.2, 0) is 6.54 Å². The summed E-state index contributed by atoms with van der Waals surface area (Å²) in [6.45, 7) is 0.514. The first kappa shape index (κ1) is 12.4. The van der Waals surface area contributed by atoms with Crippen molar-refractivity contribution in [1.82, 2.24) is 5.43 Å². The summed E-state index contributed by atoms with van der Waals surface area (Å²) >= 11 is 13.7. The number of hydrazone groups is 1. The van der Waals surface area contributed by atoms with E-state index in [1.807, 2.05) is 35.7 Å². The van der Waals surface area contributed by atoms with Crippen LogP contribution in [0.3, 0.4) is 0 Å². The first-order valence-electron chi connectivity index (χ1n) is 4.99. The molecule has 0 radical (unpaired) electrons. The van der Waals surface area contributed by atoms with Gasteiger partial charge >= 0.3 is 0 Å². The van der Waals surface area contributed by atoms with E-state index >= 15 is 0 Å². The predicted octanol–water partition coefficient (Wildman–Crippen LogP) is 4.18. The summed E-state index contributed by atoms with van der Waals surface area (Å²) in [6, 6.07) is 9.43. The molecule has 0 aliphatic rings. The lowest BCUT2D eigenvalue weighted by Crippen LogP contribution is -2.06. The van der Waals surface area contributed by atoms with Crippen molar-refractivity contribution in [3.8, 4) is 0 Å². The average molecular weight is 285 g/mol. The van der Waals surface area contributed by atoms with Crippen molar-refractivity contribution < 1.29 is 0 Å². The SMILES string of the molecule is Clc1cccc(Cl)c1CN/N=C\c1cccs1. The van der Waals surface area contributed by atoms with Crippen molar-refractivity contribution >= 4 is 40.8 Å². The standard InChI is InChI=1S/C12H10Cl2N2S/c13-11-4-1-5-12(14)10(11)8-16-15-7-9-3-2-6-17-9/h1-7,16H,8H2/b15-7-. The van der Waals surface area contributed by atoms with Crippen LogP contribution in [0, 0.1) is 0 Å². The van der Waals surface area contributed by atoms with Gasteiger partial charge in [0, 0.05) is 20.5 Å². The number of hydrogen-bond donors (Lipinski definition) is 1. The highest BCUT2D eigenvalue weighted by Gasteiger charge is 2.03. The van der Waals surface area contributed by atoms with Gasteiger partial charge in [0.2, 0.25) is 0 Å². The molecule has 2 nitrogen and oxygen atoms in total. The maximum atomic E-state index is 6.03. The van der Waals surface area contributed by atoms with Crippen molar-refractivity contribution in [2.75, 3.05) is 0 Å². The van der Waals surface area contributed by atoms with E-state index in [0.717, 1.165) is 10.4 Å². The van der Waals surface area contributed by atoms with E-state index in [4.69, 9.17) is 23.2 Å². The van der Waals surface area contributed by atoms with Gasteiger partial charge in [-0.3, -0.25) is 0 Å². The Morgan fingerprint density at radius 2 is 1.94 bits per heavy atom. The van der Waals surface area contributed by atoms with Crippen LogP contribution in [0.15, 0.2) is 40.8 Å². The molecular formula is C12H10Cl2N2S. The minimum atomic E-state index is 0.514. The molecule has 1 aromatic carbocycles. The minimum Gasteiger partial charge on any atom is -0.306 e. The molecule has 0 amide bonds. The molecule has 0 aliphatic carbocycles. The van der Waals surface area contributed by atoms with Crippen molar-refractivity contribution in [2.45, 2.75) is 6.54 Å². The third-order valence-electron chi connectivity index (χ3n) is 2.14. The van der Waals surface area contributed by atoms with Crippen LogP contribution in [0.2, 0.25) is 10.0 Å². The zero-order valence-corrected chi connectivity index (χ0v) is 11.2. The van der Waals surface area contributed by atoms with Crippen LogP contribution in [0.25, 0.3) is 0 Å². The van der Waals surface area contributed by atoms with Crippen LogP contribution in [0.5, 0.6) is 0 Å². The lowest BCUT2D eigenvalue weighted by Gasteiger charge is -2.05. The first-order valence-corrected chi connectivity index (χ1v) is 6.63. The molecule has 17 heavy (non-hydrogen) atoms. The molecule has 0 fully saturated rings. The molecule has 0 unspecified atom stereocenters. The van der Waals surface area contributed by atoms with Crippen molar-refractivity contribution in [3.63, 3.8) is 0 Å². The minimum absolute atomic E-state index is 0.514.